The van der Waals surface area contributed by atoms with Gasteiger partial charge < -0.3 is 0 Å². The van der Waals surface area contributed by atoms with Crippen molar-refractivity contribution in [1.29, 1.82) is 0 Å². The van der Waals surface area contributed by atoms with Gasteiger partial charge in [-0.05, 0) is 0 Å². The quantitative estimate of drug-likeness (QED) is 0.408. The minimum atomic E-state index is 0. The topological polar surface area (TPSA) is 0 Å². The maximum absolute atomic E-state index is 5.47. The molecule has 0 atom stereocenters. The Balaban J connectivity index is 0.000000227. The summed E-state index contributed by atoms with van der Waals surface area (Å²) in [5.74, 6) is 0.632. The minimum Gasteiger partial charge on any atom is -0.213 e. The van der Waals surface area contributed by atoms with Crippen molar-refractivity contribution in [2.45, 2.75) is 12.8 Å². The number of hydrogen-bond donors (Lipinski definition) is 0. The van der Waals surface area contributed by atoms with Crippen LogP contribution in [-0.4, -0.2) is 0 Å². The third kappa shape index (κ3) is 5.28. The molecule has 0 heterocycles. The summed E-state index contributed by atoms with van der Waals surface area (Å²) >= 11 is 5.47. The van der Waals surface area contributed by atoms with E-state index in [1.807, 2.05) is 36.4 Å². The van der Waals surface area contributed by atoms with Gasteiger partial charge in [0.1, 0.15) is 0 Å². The molecule has 0 aliphatic carbocycles. The second kappa shape index (κ2) is 7.87. The molecule has 2 heteroatoms. The van der Waals surface area contributed by atoms with Gasteiger partial charge in [-0.2, -0.15) is 35.4 Å². The predicted octanol–water partition coefficient (Wildman–Crippen LogP) is 3.86. The van der Waals surface area contributed by atoms with Gasteiger partial charge in [-0.3, -0.25) is 0 Å². The number of aryl methyl sites for hydroxylation is 1. The summed E-state index contributed by atoms with van der Waals surface area (Å²) in [6.45, 7) is 2.08. The van der Waals surface area contributed by atoms with E-state index in [9.17, 15) is 0 Å². The molecule has 0 spiro atoms. The molecule has 0 saturated heterocycles. The summed E-state index contributed by atoms with van der Waals surface area (Å²) in [7, 11) is 0. The van der Waals surface area contributed by atoms with E-state index in [0.29, 0.717) is 5.88 Å². The maximum Gasteiger partial charge on any atom is 2.00 e. The van der Waals surface area contributed by atoms with Gasteiger partial charge >= 0.3 is 17.1 Å². The first-order valence-electron chi connectivity index (χ1n) is 4.28. The van der Waals surface area contributed by atoms with Crippen LogP contribution in [0.5, 0.6) is 0 Å². The van der Waals surface area contributed by atoms with Crippen LogP contribution in [0.25, 0.3) is 0 Å². The summed E-state index contributed by atoms with van der Waals surface area (Å²) in [5, 5.41) is 0. The summed E-state index contributed by atoms with van der Waals surface area (Å²) in [6, 6.07) is 16.2. The molecule has 76 valence electrons. The van der Waals surface area contributed by atoms with Gasteiger partial charge in [0.05, 0.1) is 0 Å². The van der Waals surface area contributed by atoms with E-state index in [0.717, 1.165) is 0 Å². The minimum absolute atomic E-state index is 0. The van der Waals surface area contributed by atoms with Crippen molar-refractivity contribution in [2.24, 2.45) is 0 Å². The van der Waals surface area contributed by atoms with E-state index in [4.69, 9.17) is 11.6 Å². The number of halogens is 1. The van der Waals surface area contributed by atoms with Crippen LogP contribution in [0, 0.1) is 6.92 Å². The van der Waals surface area contributed by atoms with Gasteiger partial charge in [-0.1, -0.05) is 6.92 Å². The fourth-order valence-electron chi connectivity index (χ4n) is 0.973. The average Bonchev–Trinajstić information content (AvgIpc) is 2.76. The van der Waals surface area contributed by atoms with Crippen LogP contribution >= 0.6 is 11.6 Å². The van der Waals surface area contributed by atoms with Crippen LogP contribution in [0.1, 0.15) is 11.1 Å². The largest absolute Gasteiger partial charge is 2.00 e. The Hall–Kier alpha value is -0.491. The monoisotopic (exact) mass is 248 g/mol. The van der Waals surface area contributed by atoms with Gasteiger partial charge in [-0.25, -0.2) is 24.3 Å². The summed E-state index contributed by atoms with van der Waals surface area (Å²) in [5.41, 5.74) is 2.54. The molecule has 14 heavy (non-hydrogen) atoms. The van der Waals surface area contributed by atoms with Crippen molar-refractivity contribution in [3.05, 3.63) is 59.7 Å². The van der Waals surface area contributed by atoms with Crippen LogP contribution in [0.3, 0.4) is 0 Å². The molecule has 0 aliphatic rings. The molecule has 0 radical (unpaired) electrons. The van der Waals surface area contributed by atoms with Gasteiger partial charge in [0.25, 0.3) is 0 Å². The van der Waals surface area contributed by atoms with Crippen LogP contribution in [0.2, 0.25) is 0 Å². The molecule has 0 fully saturated rings. The summed E-state index contributed by atoms with van der Waals surface area (Å²) < 4.78 is 0. The second-order valence-electron chi connectivity index (χ2n) is 2.89. The molecule has 2 aromatic rings. The molecule has 2 rings (SSSR count). The first kappa shape index (κ1) is 13.5. The smallest absolute Gasteiger partial charge is 0.213 e. The van der Waals surface area contributed by atoms with E-state index >= 15 is 0 Å². The Bertz CT molecular complexity index is 295. The zero-order chi connectivity index (χ0) is 9.52. The molecule has 0 nitrogen and oxygen atoms in total. The Kier molecular flexibility index (Phi) is 7.60. The van der Waals surface area contributed by atoms with E-state index in [1.54, 1.807) is 0 Å². The normalized spacial score (nSPS) is 8.43. The predicted molar refractivity (Wildman–Crippen MR) is 58.4 cm³/mol. The number of alkyl halides is 1. The molecule has 0 N–H and O–H groups in total. The molecule has 0 aromatic heterocycles. The molecule has 0 bridgehead atoms. The van der Waals surface area contributed by atoms with Crippen LogP contribution < -0.4 is 0 Å². The third-order valence-corrected chi connectivity index (χ3v) is 2.02. The summed E-state index contributed by atoms with van der Waals surface area (Å²) in [4.78, 5) is 0. The fourth-order valence-corrected chi connectivity index (χ4v) is 1.15. The zero-order valence-electron chi connectivity index (χ0n) is 8.06. The Labute approximate surface area is 101 Å². The maximum atomic E-state index is 5.47. The van der Waals surface area contributed by atoms with Crippen molar-refractivity contribution in [1.82, 2.24) is 0 Å². The molecule has 2 aromatic carbocycles. The van der Waals surface area contributed by atoms with Crippen LogP contribution in [0.4, 0.5) is 0 Å². The standard InChI is InChI=1S/C6H6Cl.C6H7.Fe/c7-5-6-3-1-2-4-6;1-6-4-2-3-5-6;/h1-4H,5H2;2-5H,1H3;/q2*-1;+2. The van der Waals surface area contributed by atoms with Crippen molar-refractivity contribution >= 4 is 11.6 Å². The van der Waals surface area contributed by atoms with E-state index in [-0.39, 0.29) is 17.1 Å². The van der Waals surface area contributed by atoms with Gasteiger partial charge in [0.15, 0.2) is 0 Å². The van der Waals surface area contributed by atoms with Crippen molar-refractivity contribution < 1.29 is 17.1 Å². The zero-order valence-corrected chi connectivity index (χ0v) is 9.92. The SMILES string of the molecule is Cc1ccc[cH-]1.ClCc1ccc[cH-]1.[Fe+2]. The second-order valence-corrected chi connectivity index (χ2v) is 3.16. The first-order valence-corrected chi connectivity index (χ1v) is 4.81. The van der Waals surface area contributed by atoms with Crippen molar-refractivity contribution in [3.63, 3.8) is 0 Å². The van der Waals surface area contributed by atoms with Crippen LogP contribution in [-0.2, 0) is 22.9 Å². The van der Waals surface area contributed by atoms with E-state index in [2.05, 4.69) is 19.1 Å². The molecular weight excluding hydrogens is 235 g/mol. The van der Waals surface area contributed by atoms with E-state index in [1.165, 1.54) is 11.1 Å². The number of hydrogen-bond acceptors (Lipinski definition) is 0. The van der Waals surface area contributed by atoms with E-state index < -0.39 is 0 Å². The molecular formula is C12H13ClFe. The van der Waals surface area contributed by atoms with Gasteiger partial charge in [0.2, 0.25) is 0 Å². The first-order chi connectivity index (χ1) is 6.33. The van der Waals surface area contributed by atoms with Gasteiger partial charge in [-0.15, -0.1) is 11.6 Å². The van der Waals surface area contributed by atoms with Crippen molar-refractivity contribution in [2.75, 3.05) is 0 Å². The third-order valence-electron chi connectivity index (χ3n) is 1.72. The number of rotatable bonds is 1. The molecule has 0 unspecified atom stereocenters. The Morgan fingerprint density at radius 1 is 1.14 bits per heavy atom. The summed E-state index contributed by atoms with van der Waals surface area (Å²) in [6.07, 6.45) is 0. The van der Waals surface area contributed by atoms with Gasteiger partial charge in [0, 0.05) is 5.88 Å². The van der Waals surface area contributed by atoms with Crippen LogP contribution in [0.15, 0.2) is 48.5 Å². The molecule has 0 amide bonds. The van der Waals surface area contributed by atoms with Crippen molar-refractivity contribution in [3.8, 4) is 0 Å². The Morgan fingerprint density at radius 2 is 1.79 bits per heavy atom. The molecule has 0 aliphatic heterocycles. The fraction of sp³-hybridized carbons (Fsp3) is 0.167. The Morgan fingerprint density at radius 3 is 2.00 bits per heavy atom. The average molecular weight is 249 g/mol. The molecule has 0 saturated carbocycles.